The second kappa shape index (κ2) is 7.20. The van der Waals surface area contributed by atoms with Gasteiger partial charge in [0.2, 0.25) is 0 Å². The Morgan fingerprint density at radius 3 is 2.74 bits per heavy atom. The highest BCUT2D eigenvalue weighted by Gasteiger charge is 2.20. The van der Waals surface area contributed by atoms with Crippen LogP contribution in [0.3, 0.4) is 0 Å². The van der Waals surface area contributed by atoms with Crippen LogP contribution in [0.4, 0.5) is 4.39 Å². The summed E-state index contributed by atoms with van der Waals surface area (Å²) in [5.41, 5.74) is 1.52. The monoisotopic (exact) mass is 335 g/mol. The topological polar surface area (TPSA) is 30.5 Å². The molecular formula is C18H19ClFNO2. The largest absolute Gasteiger partial charge is 0.493 e. The lowest BCUT2D eigenvalue weighted by Gasteiger charge is -2.15. The summed E-state index contributed by atoms with van der Waals surface area (Å²) >= 11 is 6.32. The van der Waals surface area contributed by atoms with Crippen molar-refractivity contribution in [1.29, 1.82) is 0 Å². The summed E-state index contributed by atoms with van der Waals surface area (Å²) < 4.78 is 24.7. The molecule has 1 fully saturated rings. The molecule has 1 aliphatic carbocycles. The van der Waals surface area contributed by atoms with Crippen molar-refractivity contribution in [1.82, 2.24) is 5.32 Å². The number of benzene rings is 2. The fourth-order valence-electron chi connectivity index (χ4n) is 2.33. The smallest absolute Gasteiger partial charge is 0.180 e. The maximum atomic E-state index is 13.7. The first kappa shape index (κ1) is 16.1. The van der Waals surface area contributed by atoms with E-state index in [9.17, 15) is 4.39 Å². The third kappa shape index (κ3) is 4.15. The first-order valence-electron chi connectivity index (χ1n) is 7.63. The zero-order valence-electron chi connectivity index (χ0n) is 12.9. The Morgan fingerprint density at radius 1 is 1.26 bits per heavy atom. The van der Waals surface area contributed by atoms with Gasteiger partial charge in [-0.05, 0) is 36.6 Å². The molecule has 3 rings (SSSR count). The van der Waals surface area contributed by atoms with E-state index in [0.717, 1.165) is 12.1 Å². The van der Waals surface area contributed by atoms with E-state index < -0.39 is 0 Å². The summed E-state index contributed by atoms with van der Waals surface area (Å²) in [4.78, 5) is 0. The van der Waals surface area contributed by atoms with Gasteiger partial charge in [-0.3, -0.25) is 0 Å². The van der Waals surface area contributed by atoms with Crippen molar-refractivity contribution in [2.75, 3.05) is 7.11 Å². The van der Waals surface area contributed by atoms with E-state index in [1.165, 1.54) is 18.9 Å². The Bertz CT molecular complexity index is 689. The molecule has 5 heteroatoms. The molecule has 0 amide bonds. The Kier molecular flexibility index (Phi) is 5.03. The normalized spacial score (nSPS) is 13.9. The lowest BCUT2D eigenvalue weighted by molar-refractivity contribution is 0.279. The van der Waals surface area contributed by atoms with Gasteiger partial charge in [-0.2, -0.15) is 0 Å². The summed E-state index contributed by atoms with van der Waals surface area (Å²) in [5.74, 6) is 0.696. The van der Waals surface area contributed by atoms with Crippen molar-refractivity contribution in [2.24, 2.45) is 0 Å². The number of halogens is 2. The van der Waals surface area contributed by atoms with Gasteiger partial charge in [0.25, 0.3) is 0 Å². The van der Waals surface area contributed by atoms with Crippen molar-refractivity contribution >= 4 is 11.6 Å². The predicted octanol–water partition coefficient (Wildman–Crippen LogP) is 4.32. The zero-order chi connectivity index (χ0) is 16.2. The average Bonchev–Trinajstić information content (AvgIpc) is 3.37. The van der Waals surface area contributed by atoms with E-state index in [0.29, 0.717) is 28.1 Å². The summed E-state index contributed by atoms with van der Waals surface area (Å²) in [6, 6.07) is 10.9. The second-order valence-electron chi connectivity index (χ2n) is 5.64. The highest BCUT2D eigenvalue weighted by Crippen LogP contribution is 2.37. The Balaban J connectivity index is 1.73. The molecule has 0 saturated heterocycles. The summed E-state index contributed by atoms with van der Waals surface area (Å²) in [5, 5.41) is 3.90. The van der Waals surface area contributed by atoms with Gasteiger partial charge >= 0.3 is 0 Å². The Labute approximate surface area is 140 Å². The van der Waals surface area contributed by atoms with Crippen molar-refractivity contribution in [3.63, 3.8) is 0 Å². The molecule has 0 spiro atoms. The molecule has 2 aromatic rings. The molecule has 0 heterocycles. The maximum Gasteiger partial charge on any atom is 0.180 e. The molecule has 0 aliphatic heterocycles. The lowest BCUT2D eigenvalue weighted by Crippen LogP contribution is -2.15. The molecule has 0 radical (unpaired) electrons. The van der Waals surface area contributed by atoms with Crippen LogP contribution in [-0.4, -0.2) is 13.2 Å². The van der Waals surface area contributed by atoms with Crippen molar-refractivity contribution in [2.45, 2.75) is 32.0 Å². The van der Waals surface area contributed by atoms with Gasteiger partial charge < -0.3 is 14.8 Å². The van der Waals surface area contributed by atoms with E-state index in [-0.39, 0.29) is 12.4 Å². The molecule has 0 unspecified atom stereocenters. The fraction of sp³-hybridized carbons (Fsp3) is 0.333. The molecular weight excluding hydrogens is 317 g/mol. The summed E-state index contributed by atoms with van der Waals surface area (Å²) in [6.07, 6.45) is 2.46. The van der Waals surface area contributed by atoms with E-state index in [2.05, 4.69) is 5.32 Å². The molecule has 0 bridgehead atoms. The van der Waals surface area contributed by atoms with E-state index in [1.54, 1.807) is 25.3 Å². The third-order valence-corrected chi connectivity index (χ3v) is 4.07. The van der Waals surface area contributed by atoms with Crippen LogP contribution in [0.15, 0.2) is 36.4 Å². The highest BCUT2D eigenvalue weighted by atomic mass is 35.5. The molecule has 122 valence electrons. The average molecular weight is 336 g/mol. The number of ether oxygens (including phenoxy) is 2. The minimum Gasteiger partial charge on any atom is -0.493 e. The Hall–Kier alpha value is -1.78. The van der Waals surface area contributed by atoms with Crippen LogP contribution < -0.4 is 14.8 Å². The zero-order valence-corrected chi connectivity index (χ0v) is 13.7. The number of methoxy groups -OCH3 is 1. The maximum absolute atomic E-state index is 13.7. The molecule has 3 nitrogen and oxygen atoms in total. The van der Waals surface area contributed by atoms with Gasteiger partial charge in [0, 0.05) is 18.2 Å². The molecule has 0 aromatic heterocycles. The number of hydrogen-bond acceptors (Lipinski definition) is 3. The molecule has 2 aromatic carbocycles. The standard InChI is InChI=1S/C18H19ClFNO2/c1-22-17-9-12(10-21-14-6-7-14)8-15(19)18(17)23-11-13-4-2-3-5-16(13)20/h2-5,8-9,14,21H,6-7,10-11H2,1H3. The van der Waals surface area contributed by atoms with Gasteiger partial charge in [0.1, 0.15) is 12.4 Å². The molecule has 1 aliphatic rings. The minimum atomic E-state index is -0.298. The van der Waals surface area contributed by atoms with Crippen molar-refractivity contribution < 1.29 is 13.9 Å². The Morgan fingerprint density at radius 2 is 2.04 bits per heavy atom. The van der Waals surface area contributed by atoms with Crippen LogP contribution in [0, 0.1) is 5.82 Å². The number of hydrogen-bond donors (Lipinski definition) is 1. The highest BCUT2D eigenvalue weighted by molar-refractivity contribution is 6.32. The molecule has 1 saturated carbocycles. The van der Waals surface area contributed by atoms with Gasteiger partial charge in [-0.15, -0.1) is 0 Å². The molecule has 1 N–H and O–H groups in total. The van der Waals surface area contributed by atoms with Crippen LogP contribution >= 0.6 is 11.6 Å². The lowest BCUT2D eigenvalue weighted by atomic mass is 10.2. The third-order valence-electron chi connectivity index (χ3n) is 3.79. The fourth-order valence-corrected chi connectivity index (χ4v) is 2.62. The number of rotatable bonds is 7. The molecule has 23 heavy (non-hydrogen) atoms. The van der Waals surface area contributed by atoms with Gasteiger partial charge in [-0.1, -0.05) is 29.8 Å². The number of nitrogens with one attached hydrogen (secondary N) is 1. The first-order chi connectivity index (χ1) is 11.2. The van der Waals surface area contributed by atoms with Crippen molar-refractivity contribution in [3.8, 4) is 11.5 Å². The first-order valence-corrected chi connectivity index (χ1v) is 8.01. The van der Waals surface area contributed by atoms with Crippen LogP contribution in [0.5, 0.6) is 11.5 Å². The van der Waals surface area contributed by atoms with Crippen LogP contribution in [0.2, 0.25) is 5.02 Å². The van der Waals surface area contributed by atoms with E-state index in [1.807, 2.05) is 12.1 Å². The van der Waals surface area contributed by atoms with Gasteiger partial charge in [-0.25, -0.2) is 4.39 Å². The summed E-state index contributed by atoms with van der Waals surface area (Å²) in [6.45, 7) is 0.844. The van der Waals surface area contributed by atoms with E-state index >= 15 is 0 Å². The quantitative estimate of drug-likeness (QED) is 0.817. The van der Waals surface area contributed by atoms with E-state index in [4.69, 9.17) is 21.1 Å². The van der Waals surface area contributed by atoms with Crippen LogP contribution in [-0.2, 0) is 13.2 Å². The summed E-state index contributed by atoms with van der Waals surface area (Å²) in [7, 11) is 1.57. The van der Waals surface area contributed by atoms with Gasteiger partial charge in [0.05, 0.1) is 12.1 Å². The predicted molar refractivity (Wildman–Crippen MR) is 88.6 cm³/mol. The minimum absolute atomic E-state index is 0.0996. The van der Waals surface area contributed by atoms with Crippen molar-refractivity contribution in [3.05, 3.63) is 58.4 Å². The van der Waals surface area contributed by atoms with Crippen LogP contribution in [0.25, 0.3) is 0 Å². The van der Waals surface area contributed by atoms with Crippen LogP contribution in [0.1, 0.15) is 24.0 Å². The SMILES string of the molecule is COc1cc(CNC2CC2)cc(Cl)c1OCc1ccccc1F. The van der Waals surface area contributed by atoms with Gasteiger partial charge in [0.15, 0.2) is 11.5 Å². The second-order valence-corrected chi connectivity index (χ2v) is 6.05. The molecule has 0 atom stereocenters.